The first-order chi connectivity index (χ1) is 12.8. The summed E-state index contributed by atoms with van der Waals surface area (Å²) in [5, 5.41) is 0. The van der Waals surface area contributed by atoms with Gasteiger partial charge in [-0.25, -0.2) is 0 Å². The van der Waals surface area contributed by atoms with Gasteiger partial charge in [0.2, 0.25) is 0 Å². The van der Waals surface area contributed by atoms with Gasteiger partial charge in [0.1, 0.15) is 6.10 Å². The highest BCUT2D eigenvalue weighted by atomic mass is 16.5. The van der Waals surface area contributed by atoms with Crippen molar-refractivity contribution in [1.82, 2.24) is 4.90 Å². The van der Waals surface area contributed by atoms with Gasteiger partial charge in [-0.05, 0) is 28.8 Å². The molecular formula is C23H21NO2. The van der Waals surface area contributed by atoms with Gasteiger partial charge in [-0.1, -0.05) is 72.8 Å². The zero-order valence-corrected chi connectivity index (χ0v) is 14.5. The van der Waals surface area contributed by atoms with E-state index < -0.39 is 0 Å². The summed E-state index contributed by atoms with van der Waals surface area (Å²) >= 11 is 0. The van der Waals surface area contributed by atoms with Gasteiger partial charge in [0.05, 0.1) is 13.2 Å². The Morgan fingerprint density at radius 3 is 2.12 bits per heavy atom. The SMILES string of the molecule is O=C(c1ccc(-c2ccccc2)cc1)N1CCOC(c2ccccc2)C1. The second-order valence-electron chi connectivity index (χ2n) is 6.46. The van der Waals surface area contributed by atoms with Gasteiger partial charge in [0.25, 0.3) is 5.91 Å². The predicted octanol–water partition coefficient (Wildman–Crippen LogP) is 4.57. The molecule has 1 saturated heterocycles. The smallest absolute Gasteiger partial charge is 0.254 e. The van der Waals surface area contributed by atoms with E-state index in [1.165, 1.54) is 0 Å². The van der Waals surface area contributed by atoms with Crippen LogP contribution in [0.3, 0.4) is 0 Å². The number of nitrogens with zero attached hydrogens (tertiary/aromatic N) is 1. The molecular weight excluding hydrogens is 322 g/mol. The highest BCUT2D eigenvalue weighted by Crippen LogP contribution is 2.24. The maximum Gasteiger partial charge on any atom is 0.254 e. The van der Waals surface area contributed by atoms with E-state index in [2.05, 4.69) is 12.1 Å². The van der Waals surface area contributed by atoms with Gasteiger partial charge in [0, 0.05) is 12.1 Å². The van der Waals surface area contributed by atoms with E-state index in [9.17, 15) is 4.79 Å². The number of carbonyl (C=O) groups excluding carboxylic acids is 1. The van der Waals surface area contributed by atoms with Crippen molar-refractivity contribution < 1.29 is 9.53 Å². The minimum Gasteiger partial charge on any atom is -0.370 e. The van der Waals surface area contributed by atoms with Gasteiger partial charge in [-0.2, -0.15) is 0 Å². The molecule has 4 rings (SSSR count). The van der Waals surface area contributed by atoms with Gasteiger partial charge >= 0.3 is 0 Å². The molecule has 1 unspecified atom stereocenters. The monoisotopic (exact) mass is 343 g/mol. The Balaban J connectivity index is 1.48. The third kappa shape index (κ3) is 3.53. The van der Waals surface area contributed by atoms with E-state index in [1.807, 2.05) is 77.7 Å². The summed E-state index contributed by atoms with van der Waals surface area (Å²) in [6.45, 7) is 1.78. The Morgan fingerprint density at radius 1 is 0.808 bits per heavy atom. The molecule has 1 aliphatic heterocycles. The Kier molecular flexibility index (Phi) is 4.80. The normalized spacial score (nSPS) is 17.1. The molecule has 0 bridgehead atoms. The first-order valence-electron chi connectivity index (χ1n) is 8.92. The van der Waals surface area contributed by atoms with Crippen molar-refractivity contribution in [2.45, 2.75) is 6.10 Å². The van der Waals surface area contributed by atoms with E-state index in [0.29, 0.717) is 19.7 Å². The number of morpholine rings is 1. The number of benzene rings is 3. The fraction of sp³-hybridized carbons (Fsp3) is 0.174. The molecule has 26 heavy (non-hydrogen) atoms. The number of carbonyl (C=O) groups is 1. The Morgan fingerprint density at radius 2 is 1.42 bits per heavy atom. The summed E-state index contributed by atoms with van der Waals surface area (Å²) < 4.78 is 5.86. The number of amides is 1. The zero-order chi connectivity index (χ0) is 17.8. The number of ether oxygens (including phenoxy) is 1. The third-order valence-electron chi connectivity index (χ3n) is 4.76. The van der Waals surface area contributed by atoms with Gasteiger partial charge in [0.15, 0.2) is 0 Å². The average Bonchev–Trinajstić information content (AvgIpc) is 2.75. The van der Waals surface area contributed by atoms with Crippen molar-refractivity contribution in [3.63, 3.8) is 0 Å². The van der Waals surface area contributed by atoms with E-state index >= 15 is 0 Å². The molecule has 3 aromatic rings. The van der Waals surface area contributed by atoms with Crippen LogP contribution in [0.15, 0.2) is 84.9 Å². The van der Waals surface area contributed by atoms with Crippen LogP contribution in [-0.2, 0) is 4.74 Å². The highest BCUT2D eigenvalue weighted by Gasteiger charge is 2.26. The lowest BCUT2D eigenvalue weighted by Gasteiger charge is -2.33. The van der Waals surface area contributed by atoms with Crippen molar-refractivity contribution in [3.8, 4) is 11.1 Å². The quantitative estimate of drug-likeness (QED) is 0.697. The molecule has 3 nitrogen and oxygen atoms in total. The summed E-state index contributed by atoms with van der Waals surface area (Å²) in [5.41, 5.74) is 4.11. The topological polar surface area (TPSA) is 29.5 Å². The van der Waals surface area contributed by atoms with Crippen molar-refractivity contribution in [3.05, 3.63) is 96.1 Å². The van der Waals surface area contributed by atoms with Crippen LogP contribution in [0.25, 0.3) is 11.1 Å². The van der Waals surface area contributed by atoms with E-state index in [1.54, 1.807) is 0 Å². The minimum absolute atomic E-state index is 0.0579. The van der Waals surface area contributed by atoms with Crippen LogP contribution in [0, 0.1) is 0 Å². The average molecular weight is 343 g/mol. The van der Waals surface area contributed by atoms with Crippen molar-refractivity contribution in [2.75, 3.05) is 19.7 Å². The third-order valence-corrected chi connectivity index (χ3v) is 4.76. The molecule has 1 aliphatic rings. The lowest BCUT2D eigenvalue weighted by molar-refractivity contribution is -0.0228. The van der Waals surface area contributed by atoms with E-state index in [4.69, 9.17) is 4.74 Å². The summed E-state index contributed by atoms with van der Waals surface area (Å²) in [6, 6.07) is 28.1. The largest absolute Gasteiger partial charge is 0.370 e. The van der Waals surface area contributed by atoms with Gasteiger partial charge in [-0.3, -0.25) is 4.79 Å². The standard InChI is InChI=1S/C23H21NO2/c25-23(21-13-11-19(12-14-21)18-7-3-1-4-8-18)24-15-16-26-22(17-24)20-9-5-2-6-10-20/h1-14,22H,15-17H2. The number of hydrogen-bond acceptors (Lipinski definition) is 2. The first-order valence-corrected chi connectivity index (χ1v) is 8.92. The molecule has 3 aromatic carbocycles. The van der Waals surface area contributed by atoms with Crippen molar-refractivity contribution >= 4 is 5.91 Å². The lowest BCUT2D eigenvalue weighted by Crippen LogP contribution is -2.42. The Bertz CT molecular complexity index is 860. The molecule has 1 amide bonds. The maximum atomic E-state index is 12.9. The summed E-state index contributed by atoms with van der Waals surface area (Å²) in [5.74, 6) is 0.0637. The molecule has 0 spiro atoms. The number of hydrogen-bond donors (Lipinski definition) is 0. The summed E-state index contributed by atoms with van der Waals surface area (Å²) in [7, 11) is 0. The Labute approximate surface area is 153 Å². The fourth-order valence-electron chi connectivity index (χ4n) is 3.32. The molecule has 0 radical (unpaired) electrons. The Hall–Kier alpha value is -2.91. The molecule has 0 aliphatic carbocycles. The van der Waals surface area contributed by atoms with Crippen LogP contribution in [0.1, 0.15) is 22.0 Å². The van der Waals surface area contributed by atoms with Gasteiger partial charge in [-0.15, -0.1) is 0 Å². The van der Waals surface area contributed by atoms with Crippen LogP contribution >= 0.6 is 0 Å². The maximum absolute atomic E-state index is 12.9. The predicted molar refractivity (Wildman–Crippen MR) is 103 cm³/mol. The molecule has 0 aromatic heterocycles. The van der Waals surface area contributed by atoms with Crippen LogP contribution in [0.5, 0.6) is 0 Å². The minimum atomic E-state index is -0.0579. The van der Waals surface area contributed by atoms with E-state index in [-0.39, 0.29) is 12.0 Å². The first kappa shape index (κ1) is 16.6. The molecule has 3 heteroatoms. The van der Waals surface area contributed by atoms with Crippen molar-refractivity contribution in [2.24, 2.45) is 0 Å². The molecule has 1 atom stereocenters. The van der Waals surface area contributed by atoms with E-state index in [0.717, 1.165) is 22.3 Å². The van der Waals surface area contributed by atoms with Crippen LogP contribution in [0.2, 0.25) is 0 Å². The second-order valence-corrected chi connectivity index (χ2v) is 6.46. The molecule has 0 N–H and O–H groups in total. The van der Waals surface area contributed by atoms with Crippen LogP contribution in [-0.4, -0.2) is 30.5 Å². The number of rotatable bonds is 3. The summed E-state index contributed by atoms with van der Waals surface area (Å²) in [6.07, 6.45) is -0.0579. The zero-order valence-electron chi connectivity index (χ0n) is 14.5. The van der Waals surface area contributed by atoms with Crippen LogP contribution < -0.4 is 0 Å². The lowest BCUT2D eigenvalue weighted by atomic mass is 10.0. The van der Waals surface area contributed by atoms with Gasteiger partial charge < -0.3 is 9.64 Å². The molecule has 130 valence electrons. The second kappa shape index (κ2) is 7.54. The fourth-order valence-corrected chi connectivity index (χ4v) is 3.32. The molecule has 0 saturated carbocycles. The molecule has 1 fully saturated rings. The summed E-state index contributed by atoms with van der Waals surface area (Å²) in [4.78, 5) is 14.8. The molecule has 1 heterocycles. The van der Waals surface area contributed by atoms with Crippen LogP contribution in [0.4, 0.5) is 0 Å². The highest BCUT2D eigenvalue weighted by molar-refractivity contribution is 5.94. The van der Waals surface area contributed by atoms with Crippen molar-refractivity contribution in [1.29, 1.82) is 0 Å².